The number of hydrogen-bond donors (Lipinski definition) is 2. The number of anilines is 3. The Labute approximate surface area is 230 Å². The normalized spacial score (nSPS) is 12.9. The van der Waals surface area contributed by atoms with Crippen molar-refractivity contribution in [3.63, 3.8) is 0 Å². The fourth-order valence-corrected chi connectivity index (χ4v) is 3.95. The summed E-state index contributed by atoms with van der Waals surface area (Å²) in [6, 6.07) is 19.2. The number of esters is 1. The standard InChI is InChI=1S/C29H26ClN3O6/c1-3-4-16-39-29(37)19-10-14-22(15-11-19)33-27(35)24(30)25(28(33)36)31-20-12-8-18(9-13-20)26(34)32-21-6-5-7-23(17-21)38-2/h5-15,17,31H,3-4,16H2,1-2H3,(H,32,34). The molecule has 39 heavy (non-hydrogen) atoms. The molecule has 4 rings (SSSR count). The molecule has 0 aliphatic carbocycles. The summed E-state index contributed by atoms with van der Waals surface area (Å²) in [5.74, 6) is -1.54. The second kappa shape index (κ2) is 12.3. The SMILES string of the molecule is CCCCOC(=O)c1ccc(N2C(=O)C(Cl)=C(Nc3ccc(C(=O)Nc4cccc(OC)c4)cc3)C2=O)cc1. The van der Waals surface area contributed by atoms with Crippen molar-refractivity contribution < 1.29 is 28.7 Å². The number of unbranched alkanes of at least 4 members (excludes halogenated alkanes) is 1. The lowest BCUT2D eigenvalue weighted by Crippen LogP contribution is -2.32. The quantitative estimate of drug-likeness (QED) is 0.200. The maximum atomic E-state index is 13.1. The van der Waals surface area contributed by atoms with Crippen LogP contribution in [0.4, 0.5) is 17.1 Å². The average molecular weight is 548 g/mol. The number of benzene rings is 3. The molecule has 0 saturated carbocycles. The van der Waals surface area contributed by atoms with Gasteiger partial charge in [-0.25, -0.2) is 9.69 Å². The first-order valence-electron chi connectivity index (χ1n) is 12.2. The van der Waals surface area contributed by atoms with Crippen molar-refractivity contribution in [1.29, 1.82) is 0 Å². The van der Waals surface area contributed by atoms with Crippen molar-refractivity contribution in [2.75, 3.05) is 29.3 Å². The Kier molecular flexibility index (Phi) is 8.63. The third-order valence-corrected chi connectivity index (χ3v) is 6.21. The predicted octanol–water partition coefficient (Wildman–Crippen LogP) is 5.34. The van der Waals surface area contributed by atoms with Gasteiger partial charge >= 0.3 is 5.97 Å². The van der Waals surface area contributed by atoms with E-state index >= 15 is 0 Å². The van der Waals surface area contributed by atoms with Crippen LogP contribution in [-0.2, 0) is 14.3 Å². The zero-order valence-corrected chi connectivity index (χ0v) is 22.1. The number of amides is 3. The van der Waals surface area contributed by atoms with Crippen molar-refractivity contribution in [3.8, 4) is 5.75 Å². The highest BCUT2D eigenvalue weighted by Gasteiger charge is 2.39. The smallest absolute Gasteiger partial charge is 0.338 e. The molecule has 0 unspecified atom stereocenters. The first-order valence-corrected chi connectivity index (χ1v) is 12.6. The summed E-state index contributed by atoms with van der Waals surface area (Å²) in [4.78, 5) is 51.6. The van der Waals surface area contributed by atoms with Gasteiger partial charge < -0.3 is 20.1 Å². The number of imide groups is 1. The Morgan fingerprint density at radius 3 is 2.26 bits per heavy atom. The molecule has 0 radical (unpaired) electrons. The minimum Gasteiger partial charge on any atom is -0.497 e. The number of carbonyl (C=O) groups excluding carboxylic acids is 4. The highest BCUT2D eigenvalue weighted by atomic mass is 35.5. The Morgan fingerprint density at radius 1 is 0.897 bits per heavy atom. The van der Waals surface area contributed by atoms with Gasteiger partial charge in [0.05, 0.1) is 25.0 Å². The molecule has 0 spiro atoms. The molecule has 0 saturated heterocycles. The predicted molar refractivity (Wildman–Crippen MR) is 148 cm³/mol. The van der Waals surface area contributed by atoms with E-state index in [2.05, 4.69) is 10.6 Å². The number of hydrogen-bond acceptors (Lipinski definition) is 7. The molecule has 0 fully saturated rings. The fourth-order valence-electron chi connectivity index (χ4n) is 3.74. The molecule has 10 heteroatoms. The van der Waals surface area contributed by atoms with Crippen LogP contribution >= 0.6 is 11.6 Å². The number of nitrogens with zero attached hydrogens (tertiary/aromatic N) is 1. The van der Waals surface area contributed by atoms with Crippen LogP contribution in [0.1, 0.15) is 40.5 Å². The van der Waals surface area contributed by atoms with Gasteiger partial charge in [0.1, 0.15) is 16.5 Å². The van der Waals surface area contributed by atoms with Crippen molar-refractivity contribution in [1.82, 2.24) is 0 Å². The molecular weight excluding hydrogens is 522 g/mol. The van der Waals surface area contributed by atoms with Crippen molar-refractivity contribution in [2.24, 2.45) is 0 Å². The van der Waals surface area contributed by atoms with Gasteiger partial charge in [-0.2, -0.15) is 0 Å². The van der Waals surface area contributed by atoms with E-state index in [0.29, 0.717) is 34.9 Å². The minimum absolute atomic E-state index is 0.0988. The van der Waals surface area contributed by atoms with Gasteiger partial charge in [-0.1, -0.05) is 31.0 Å². The van der Waals surface area contributed by atoms with E-state index in [0.717, 1.165) is 17.7 Å². The lowest BCUT2D eigenvalue weighted by Gasteiger charge is -2.15. The summed E-state index contributed by atoms with van der Waals surface area (Å²) in [5.41, 5.74) is 1.88. The minimum atomic E-state index is -0.697. The molecule has 3 aromatic rings. The number of nitrogens with one attached hydrogen (secondary N) is 2. The summed E-state index contributed by atoms with van der Waals surface area (Å²) in [6.45, 7) is 2.32. The molecule has 1 aliphatic rings. The molecule has 0 atom stereocenters. The molecule has 9 nitrogen and oxygen atoms in total. The van der Waals surface area contributed by atoms with Crippen LogP contribution in [0, 0.1) is 0 Å². The van der Waals surface area contributed by atoms with E-state index in [4.69, 9.17) is 21.1 Å². The van der Waals surface area contributed by atoms with E-state index in [-0.39, 0.29) is 22.3 Å². The van der Waals surface area contributed by atoms with Gasteiger partial charge in [0, 0.05) is 23.0 Å². The summed E-state index contributed by atoms with van der Waals surface area (Å²) >= 11 is 6.22. The Bertz CT molecular complexity index is 1430. The number of ether oxygens (including phenoxy) is 2. The molecule has 1 heterocycles. The lowest BCUT2D eigenvalue weighted by molar-refractivity contribution is -0.120. The van der Waals surface area contributed by atoms with Gasteiger partial charge in [-0.3, -0.25) is 14.4 Å². The first-order chi connectivity index (χ1) is 18.8. The molecule has 0 aromatic heterocycles. The van der Waals surface area contributed by atoms with Crippen LogP contribution in [0.25, 0.3) is 0 Å². The van der Waals surface area contributed by atoms with Crippen molar-refractivity contribution in [2.45, 2.75) is 19.8 Å². The fraction of sp³-hybridized carbons (Fsp3) is 0.172. The first kappa shape index (κ1) is 27.4. The topological polar surface area (TPSA) is 114 Å². The van der Waals surface area contributed by atoms with Crippen molar-refractivity contribution in [3.05, 3.63) is 94.7 Å². The Morgan fingerprint density at radius 2 is 1.59 bits per heavy atom. The lowest BCUT2D eigenvalue weighted by atomic mass is 10.1. The molecule has 3 aromatic carbocycles. The second-order valence-electron chi connectivity index (χ2n) is 8.56. The molecule has 2 N–H and O–H groups in total. The van der Waals surface area contributed by atoms with Gasteiger partial charge in [0.2, 0.25) is 0 Å². The van der Waals surface area contributed by atoms with Gasteiger partial charge in [0.25, 0.3) is 17.7 Å². The molecule has 0 bridgehead atoms. The zero-order valence-electron chi connectivity index (χ0n) is 21.3. The zero-order chi connectivity index (χ0) is 27.9. The number of halogens is 1. The van der Waals surface area contributed by atoms with E-state index in [1.54, 1.807) is 55.6 Å². The van der Waals surface area contributed by atoms with Crippen LogP contribution in [0.15, 0.2) is 83.5 Å². The van der Waals surface area contributed by atoms with E-state index in [1.165, 1.54) is 24.3 Å². The largest absolute Gasteiger partial charge is 0.497 e. The molecule has 200 valence electrons. The number of methoxy groups -OCH3 is 1. The van der Waals surface area contributed by atoms with Crippen LogP contribution in [0.3, 0.4) is 0 Å². The van der Waals surface area contributed by atoms with E-state index < -0.39 is 17.8 Å². The second-order valence-corrected chi connectivity index (χ2v) is 8.94. The van der Waals surface area contributed by atoms with Crippen LogP contribution < -0.4 is 20.3 Å². The summed E-state index contributed by atoms with van der Waals surface area (Å²) in [5, 5.41) is 5.39. The highest BCUT2D eigenvalue weighted by molar-refractivity contribution is 6.53. The van der Waals surface area contributed by atoms with Gasteiger partial charge in [0.15, 0.2) is 0 Å². The maximum absolute atomic E-state index is 13.1. The third kappa shape index (κ3) is 6.27. The molecule has 1 aliphatic heterocycles. The Balaban J connectivity index is 1.41. The van der Waals surface area contributed by atoms with Gasteiger partial charge in [-0.15, -0.1) is 0 Å². The average Bonchev–Trinajstić information content (AvgIpc) is 3.16. The van der Waals surface area contributed by atoms with Crippen LogP contribution in [0.5, 0.6) is 5.75 Å². The summed E-state index contributed by atoms with van der Waals surface area (Å²) < 4.78 is 10.3. The monoisotopic (exact) mass is 547 g/mol. The maximum Gasteiger partial charge on any atom is 0.338 e. The van der Waals surface area contributed by atoms with E-state index in [9.17, 15) is 19.2 Å². The van der Waals surface area contributed by atoms with Gasteiger partial charge in [-0.05, 0) is 67.1 Å². The summed E-state index contributed by atoms with van der Waals surface area (Å²) in [7, 11) is 1.54. The summed E-state index contributed by atoms with van der Waals surface area (Å²) in [6.07, 6.45) is 1.67. The van der Waals surface area contributed by atoms with Crippen molar-refractivity contribution >= 4 is 52.4 Å². The molecule has 3 amide bonds. The van der Waals surface area contributed by atoms with Crippen LogP contribution in [-0.4, -0.2) is 37.4 Å². The highest BCUT2D eigenvalue weighted by Crippen LogP contribution is 2.30. The Hall–Kier alpha value is -4.63. The van der Waals surface area contributed by atoms with E-state index in [1.807, 2.05) is 6.92 Å². The number of rotatable bonds is 10. The third-order valence-electron chi connectivity index (χ3n) is 5.86. The van der Waals surface area contributed by atoms with Crippen LogP contribution in [0.2, 0.25) is 0 Å². The number of carbonyl (C=O) groups is 4. The molecular formula is C29H26ClN3O6.